The van der Waals surface area contributed by atoms with Crippen molar-refractivity contribution in [3.8, 4) is 12.3 Å². The lowest BCUT2D eigenvalue weighted by molar-refractivity contribution is -0.0975. The van der Waals surface area contributed by atoms with Crippen LogP contribution in [0.3, 0.4) is 0 Å². The molecule has 0 bridgehead atoms. The van der Waals surface area contributed by atoms with Crippen molar-refractivity contribution in [1.82, 2.24) is 5.16 Å². The van der Waals surface area contributed by atoms with Crippen molar-refractivity contribution >= 4 is 6.08 Å². The van der Waals surface area contributed by atoms with Crippen LogP contribution < -0.4 is 0 Å². The summed E-state index contributed by atoms with van der Waals surface area (Å²) in [6, 6.07) is 0. The Morgan fingerprint density at radius 2 is 2.04 bits per heavy atom. The van der Waals surface area contributed by atoms with E-state index in [1.165, 1.54) is 12.0 Å². The summed E-state index contributed by atoms with van der Waals surface area (Å²) in [5.74, 6) is 5.64. The SMILES string of the molecule is C#C[C@@]1(O)CCC2C3CCC4=Cc5oncc5C[C@]4(C)C3CC[C@@]21C. The molecule has 1 aromatic rings. The van der Waals surface area contributed by atoms with Crippen LogP contribution in [0.4, 0.5) is 0 Å². The Balaban J connectivity index is 1.53. The quantitative estimate of drug-likeness (QED) is 0.721. The first-order chi connectivity index (χ1) is 11.9. The molecular formula is C22H27NO2. The standard InChI is InChI=1S/C22H27NO2/c1-4-22(24)10-8-18-16-6-5-15-11-19-14(13-23-25-19)12-20(15,2)17(16)7-9-21(18,22)3/h1,11,13,16-18,24H,5-10,12H2,2-3H3/t16?,17?,18?,20-,21-,22+/m0/s1. The molecule has 3 nitrogen and oxygen atoms in total. The maximum Gasteiger partial charge on any atom is 0.162 e. The third kappa shape index (κ3) is 1.79. The van der Waals surface area contributed by atoms with E-state index in [1.807, 2.05) is 6.20 Å². The number of aromatic nitrogens is 1. The van der Waals surface area contributed by atoms with Crippen molar-refractivity contribution < 1.29 is 9.63 Å². The first-order valence-electron chi connectivity index (χ1n) is 9.76. The number of terminal acetylenes is 1. The molecule has 0 spiro atoms. The predicted octanol–water partition coefficient (Wildman–Crippen LogP) is 4.22. The lowest BCUT2D eigenvalue weighted by Gasteiger charge is -2.58. The molecule has 1 aromatic heterocycles. The van der Waals surface area contributed by atoms with Gasteiger partial charge in [0, 0.05) is 11.0 Å². The van der Waals surface area contributed by atoms with E-state index in [0.717, 1.165) is 44.3 Å². The highest BCUT2D eigenvalue weighted by Gasteiger charge is 2.63. The Bertz CT molecular complexity index is 801. The molecule has 0 amide bonds. The van der Waals surface area contributed by atoms with Gasteiger partial charge in [0.25, 0.3) is 0 Å². The molecule has 3 fully saturated rings. The second-order valence-electron chi connectivity index (χ2n) is 9.39. The monoisotopic (exact) mass is 337 g/mol. The van der Waals surface area contributed by atoms with Gasteiger partial charge in [0.1, 0.15) is 5.60 Å². The molecule has 0 aliphatic heterocycles. The van der Waals surface area contributed by atoms with Gasteiger partial charge in [-0.05, 0) is 74.2 Å². The van der Waals surface area contributed by atoms with Crippen LogP contribution >= 0.6 is 0 Å². The fourth-order valence-electron chi connectivity index (χ4n) is 7.14. The molecular weight excluding hydrogens is 310 g/mol. The van der Waals surface area contributed by atoms with E-state index in [-0.39, 0.29) is 10.8 Å². The van der Waals surface area contributed by atoms with Gasteiger partial charge < -0.3 is 9.63 Å². The van der Waals surface area contributed by atoms with Crippen molar-refractivity contribution in [1.29, 1.82) is 0 Å². The molecule has 1 heterocycles. The van der Waals surface area contributed by atoms with Gasteiger partial charge in [0.15, 0.2) is 5.76 Å². The van der Waals surface area contributed by atoms with Gasteiger partial charge >= 0.3 is 0 Å². The molecule has 0 aromatic carbocycles. The van der Waals surface area contributed by atoms with Crippen molar-refractivity contribution in [2.45, 2.75) is 64.4 Å². The van der Waals surface area contributed by atoms with Gasteiger partial charge in [0.2, 0.25) is 0 Å². The number of rotatable bonds is 0. The van der Waals surface area contributed by atoms with Crippen molar-refractivity contribution in [2.24, 2.45) is 28.6 Å². The zero-order chi connectivity index (χ0) is 17.4. The number of nitrogens with zero attached hydrogens (tertiary/aromatic N) is 1. The van der Waals surface area contributed by atoms with E-state index >= 15 is 0 Å². The second-order valence-corrected chi connectivity index (χ2v) is 9.39. The Morgan fingerprint density at radius 1 is 1.24 bits per heavy atom. The molecule has 0 radical (unpaired) electrons. The normalized spacial score (nSPS) is 47.8. The largest absolute Gasteiger partial charge is 0.377 e. The minimum atomic E-state index is -0.909. The van der Waals surface area contributed by atoms with Gasteiger partial charge in [-0.3, -0.25) is 0 Å². The summed E-state index contributed by atoms with van der Waals surface area (Å²) < 4.78 is 5.43. The summed E-state index contributed by atoms with van der Waals surface area (Å²) in [5.41, 5.74) is 1.99. The number of hydrogen-bond donors (Lipinski definition) is 1. The van der Waals surface area contributed by atoms with Crippen LogP contribution in [0.25, 0.3) is 6.08 Å². The number of allylic oxidation sites excluding steroid dienone is 1. The van der Waals surface area contributed by atoms with Crippen LogP contribution in [0.1, 0.15) is 63.7 Å². The molecule has 3 heteroatoms. The Kier molecular flexibility index (Phi) is 3.01. The number of hydrogen-bond acceptors (Lipinski definition) is 3. The van der Waals surface area contributed by atoms with E-state index in [1.54, 1.807) is 5.57 Å². The zero-order valence-electron chi connectivity index (χ0n) is 15.2. The Hall–Kier alpha value is -1.53. The zero-order valence-corrected chi connectivity index (χ0v) is 15.2. The molecule has 5 rings (SSSR count). The molecule has 3 saturated carbocycles. The van der Waals surface area contributed by atoms with Gasteiger partial charge in [-0.15, -0.1) is 6.42 Å². The topological polar surface area (TPSA) is 46.3 Å². The maximum absolute atomic E-state index is 11.1. The van der Waals surface area contributed by atoms with E-state index < -0.39 is 5.60 Å². The predicted molar refractivity (Wildman–Crippen MR) is 96.4 cm³/mol. The maximum atomic E-state index is 11.1. The average molecular weight is 337 g/mol. The fraction of sp³-hybridized carbons (Fsp3) is 0.682. The molecule has 4 aliphatic rings. The number of aliphatic hydroxyl groups is 1. The third-order valence-corrected chi connectivity index (χ3v) is 8.67. The lowest BCUT2D eigenvalue weighted by Crippen LogP contribution is -2.54. The third-order valence-electron chi connectivity index (χ3n) is 8.67. The molecule has 0 saturated heterocycles. The van der Waals surface area contributed by atoms with E-state index in [9.17, 15) is 5.11 Å². The number of fused-ring (bicyclic) bond motifs is 6. The molecule has 1 N–H and O–H groups in total. The summed E-state index contributed by atoms with van der Waals surface area (Å²) in [4.78, 5) is 0. The highest BCUT2D eigenvalue weighted by atomic mass is 16.5. The lowest BCUT2D eigenvalue weighted by atomic mass is 9.46. The van der Waals surface area contributed by atoms with Gasteiger partial charge in [-0.1, -0.05) is 30.5 Å². The van der Waals surface area contributed by atoms with Gasteiger partial charge in [-0.2, -0.15) is 0 Å². The molecule has 4 aliphatic carbocycles. The van der Waals surface area contributed by atoms with Crippen LogP contribution in [0, 0.1) is 40.9 Å². The van der Waals surface area contributed by atoms with Crippen LogP contribution in [0.15, 0.2) is 16.3 Å². The van der Waals surface area contributed by atoms with Crippen molar-refractivity contribution in [2.75, 3.05) is 0 Å². The molecule has 25 heavy (non-hydrogen) atoms. The molecule has 132 valence electrons. The Morgan fingerprint density at radius 3 is 2.84 bits per heavy atom. The summed E-state index contributed by atoms with van der Waals surface area (Å²) in [7, 11) is 0. The highest BCUT2D eigenvalue weighted by Crippen LogP contribution is 2.67. The van der Waals surface area contributed by atoms with Crippen LogP contribution in [-0.4, -0.2) is 15.9 Å². The summed E-state index contributed by atoms with van der Waals surface area (Å²) in [6.07, 6.45) is 17.4. The van der Waals surface area contributed by atoms with E-state index in [4.69, 9.17) is 10.9 Å². The molecule has 3 unspecified atom stereocenters. The van der Waals surface area contributed by atoms with Crippen LogP contribution in [-0.2, 0) is 6.42 Å². The van der Waals surface area contributed by atoms with E-state index in [2.05, 4.69) is 31.0 Å². The Labute approximate surface area is 149 Å². The summed E-state index contributed by atoms with van der Waals surface area (Å²) in [6.45, 7) is 4.71. The summed E-state index contributed by atoms with van der Waals surface area (Å²) >= 11 is 0. The molecule has 6 atom stereocenters. The minimum absolute atomic E-state index is 0.114. The van der Waals surface area contributed by atoms with Crippen LogP contribution in [0.5, 0.6) is 0 Å². The van der Waals surface area contributed by atoms with Gasteiger partial charge in [0.05, 0.1) is 6.20 Å². The fourth-order valence-corrected chi connectivity index (χ4v) is 7.14. The summed E-state index contributed by atoms with van der Waals surface area (Å²) in [5, 5.41) is 15.1. The van der Waals surface area contributed by atoms with Crippen molar-refractivity contribution in [3.63, 3.8) is 0 Å². The van der Waals surface area contributed by atoms with Gasteiger partial charge in [-0.25, -0.2) is 0 Å². The van der Waals surface area contributed by atoms with E-state index in [0.29, 0.717) is 17.8 Å². The first kappa shape index (κ1) is 15.7. The highest BCUT2D eigenvalue weighted by molar-refractivity contribution is 5.57. The smallest absolute Gasteiger partial charge is 0.162 e. The van der Waals surface area contributed by atoms with Crippen molar-refractivity contribution in [3.05, 3.63) is 23.1 Å². The average Bonchev–Trinajstić information content (AvgIpc) is 3.14. The second kappa shape index (κ2) is 4.80. The first-order valence-corrected chi connectivity index (χ1v) is 9.76. The minimum Gasteiger partial charge on any atom is -0.377 e. The van der Waals surface area contributed by atoms with Crippen LogP contribution in [0.2, 0.25) is 0 Å².